The smallest absolute Gasteiger partial charge is 0.238 e. The molecular weight excluding hydrogens is 538 g/mol. The van der Waals surface area contributed by atoms with Crippen LogP contribution in [0, 0.1) is 0 Å². The van der Waals surface area contributed by atoms with Crippen LogP contribution in [0.3, 0.4) is 0 Å². The van der Waals surface area contributed by atoms with Crippen LogP contribution in [0.4, 0.5) is 0 Å². The lowest BCUT2D eigenvalue weighted by atomic mass is 9.81. The van der Waals surface area contributed by atoms with Crippen molar-refractivity contribution in [3.8, 4) is 39.9 Å². The normalized spacial score (nSPS) is 13.4. The molecule has 0 fully saturated rings. The second kappa shape index (κ2) is 9.16. The molecular formula is C39H27N5. The number of hydrogen-bond acceptors (Lipinski definition) is 4. The fraction of sp³-hybridized carbons (Fsp3) is 0.0769. The van der Waals surface area contributed by atoms with E-state index in [0.29, 0.717) is 17.6 Å². The second-order valence-electron chi connectivity index (χ2n) is 12.0. The Bertz CT molecular complexity index is 2350. The summed E-state index contributed by atoms with van der Waals surface area (Å²) >= 11 is 0. The summed E-state index contributed by atoms with van der Waals surface area (Å²) in [5, 5.41) is 3.43. The first-order chi connectivity index (χ1) is 21.6. The Balaban J connectivity index is 1.46. The van der Waals surface area contributed by atoms with Crippen LogP contribution < -0.4 is 0 Å². The lowest BCUT2D eigenvalue weighted by Gasteiger charge is -2.23. The van der Waals surface area contributed by atoms with Crippen molar-refractivity contribution < 1.29 is 0 Å². The molecule has 3 aromatic heterocycles. The number of nitrogens with zero attached hydrogens (tertiary/aromatic N) is 5. The maximum atomic E-state index is 5.19. The van der Waals surface area contributed by atoms with Gasteiger partial charge in [0.05, 0.1) is 16.6 Å². The average molecular weight is 566 g/mol. The van der Waals surface area contributed by atoms with E-state index in [1.165, 1.54) is 27.6 Å². The van der Waals surface area contributed by atoms with Crippen molar-refractivity contribution in [2.45, 2.75) is 19.3 Å². The minimum Gasteiger partial charge on any atom is -0.277 e. The maximum absolute atomic E-state index is 5.19. The lowest BCUT2D eigenvalue weighted by Crippen LogP contribution is -2.17. The Morgan fingerprint density at radius 2 is 1.27 bits per heavy atom. The Morgan fingerprint density at radius 1 is 0.591 bits per heavy atom. The zero-order chi connectivity index (χ0) is 29.4. The Labute approximate surface area is 254 Å². The van der Waals surface area contributed by atoms with Crippen molar-refractivity contribution in [1.82, 2.24) is 24.5 Å². The summed E-state index contributed by atoms with van der Waals surface area (Å²) in [7, 11) is 0. The molecule has 5 heteroatoms. The van der Waals surface area contributed by atoms with E-state index in [-0.39, 0.29) is 5.41 Å². The highest BCUT2D eigenvalue weighted by atomic mass is 15.2. The van der Waals surface area contributed by atoms with Gasteiger partial charge in [-0.05, 0) is 40.5 Å². The van der Waals surface area contributed by atoms with Gasteiger partial charge in [0.1, 0.15) is 0 Å². The van der Waals surface area contributed by atoms with E-state index in [4.69, 9.17) is 19.9 Å². The van der Waals surface area contributed by atoms with Gasteiger partial charge in [-0.2, -0.15) is 9.97 Å². The number of fused-ring (bicyclic) bond motifs is 8. The molecule has 1 aliphatic rings. The van der Waals surface area contributed by atoms with Crippen molar-refractivity contribution in [2.75, 3.05) is 0 Å². The van der Waals surface area contributed by atoms with Crippen LogP contribution in [-0.4, -0.2) is 24.5 Å². The maximum Gasteiger partial charge on any atom is 0.238 e. The van der Waals surface area contributed by atoms with Crippen LogP contribution in [0.25, 0.3) is 72.6 Å². The molecule has 5 nitrogen and oxygen atoms in total. The molecule has 208 valence electrons. The molecule has 1 aliphatic carbocycles. The number of aromatic nitrogens is 5. The monoisotopic (exact) mass is 565 g/mol. The Kier molecular flexibility index (Phi) is 5.18. The number of benzene rings is 5. The summed E-state index contributed by atoms with van der Waals surface area (Å²) in [6, 6.07) is 42.2. The molecule has 9 rings (SSSR count). The van der Waals surface area contributed by atoms with Crippen molar-refractivity contribution >= 4 is 32.7 Å². The SMILES string of the molecule is CC1(C)c2ccccc2-c2ccc3c4cc5cccnc5cc4n(-c4nc(-c5ccccc5)nc(-c5ccccc5)n4)c3c21. The summed E-state index contributed by atoms with van der Waals surface area (Å²) in [4.78, 5) is 20.1. The number of hydrogen-bond donors (Lipinski definition) is 0. The average Bonchev–Trinajstić information content (AvgIpc) is 3.52. The minimum absolute atomic E-state index is 0.229. The van der Waals surface area contributed by atoms with Crippen molar-refractivity contribution in [3.63, 3.8) is 0 Å². The molecule has 0 aliphatic heterocycles. The van der Waals surface area contributed by atoms with Gasteiger partial charge in [0.15, 0.2) is 11.6 Å². The van der Waals surface area contributed by atoms with E-state index in [0.717, 1.165) is 38.4 Å². The van der Waals surface area contributed by atoms with Gasteiger partial charge in [-0.1, -0.05) is 117 Å². The molecule has 0 amide bonds. The quantitative estimate of drug-likeness (QED) is 0.214. The van der Waals surface area contributed by atoms with Gasteiger partial charge < -0.3 is 0 Å². The number of pyridine rings is 1. The standard InChI is InChI=1S/C39H27N5/c1-39(2)31-18-10-9-17-27(31)28-19-20-29-30-22-26-16-11-21-40-32(26)23-33(30)44(35(29)34(28)39)38-42-36(24-12-5-3-6-13-24)41-37(43-38)25-14-7-4-8-15-25/h3-23H,1-2H3. The summed E-state index contributed by atoms with van der Waals surface area (Å²) in [6.45, 7) is 4.66. The van der Waals surface area contributed by atoms with Crippen LogP contribution in [-0.2, 0) is 5.41 Å². The molecule has 3 heterocycles. The number of rotatable bonds is 3. The first kappa shape index (κ1) is 24.9. The molecule has 0 N–H and O–H groups in total. The molecule has 0 unspecified atom stereocenters. The van der Waals surface area contributed by atoms with E-state index in [9.17, 15) is 0 Å². The van der Waals surface area contributed by atoms with Crippen LogP contribution in [0.15, 0.2) is 128 Å². The molecule has 0 atom stereocenters. The van der Waals surface area contributed by atoms with E-state index < -0.39 is 0 Å². The summed E-state index contributed by atoms with van der Waals surface area (Å²) in [5.41, 5.74) is 9.89. The van der Waals surface area contributed by atoms with Crippen LogP contribution in [0.2, 0.25) is 0 Å². The predicted octanol–water partition coefficient (Wildman–Crippen LogP) is 9.16. The summed E-state index contributed by atoms with van der Waals surface area (Å²) in [5.74, 6) is 1.87. The molecule has 0 spiro atoms. The van der Waals surface area contributed by atoms with E-state index in [1.807, 2.05) is 48.7 Å². The van der Waals surface area contributed by atoms with E-state index >= 15 is 0 Å². The van der Waals surface area contributed by atoms with E-state index in [2.05, 4.69) is 97.3 Å². The molecule has 0 saturated heterocycles. The second-order valence-corrected chi connectivity index (χ2v) is 12.0. The van der Waals surface area contributed by atoms with Crippen molar-refractivity contribution in [2.24, 2.45) is 0 Å². The fourth-order valence-corrected chi connectivity index (χ4v) is 7.03. The van der Waals surface area contributed by atoms with Gasteiger partial charge in [-0.3, -0.25) is 9.55 Å². The predicted molar refractivity (Wildman–Crippen MR) is 178 cm³/mol. The van der Waals surface area contributed by atoms with Gasteiger partial charge in [0.25, 0.3) is 0 Å². The fourth-order valence-electron chi connectivity index (χ4n) is 7.03. The van der Waals surface area contributed by atoms with Gasteiger partial charge >= 0.3 is 0 Å². The third-order valence-corrected chi connectivity index (χ3v) is 9.06. The zero-order valence-corrected chi connectivity index (χ0v) is 24.4. The highest BCUT2D eigenvalue weighted by Crippen LogP contribution is 2.53. The molecule has 8 aromatic rings. The Hall–Kier alpha value is -5.68. The van der Waals surface area contributed by atoms with Gasteiger partial charge in [-0.25, -0.2) is 4.98 Å². The molecule has 44 heavy (non-hydrogen) atoms. The lowest BCUT2D eigenvalue weighted by molar-refractivity contribution is 0.663. The summed E-state index contributed by atoms with van der Waals surface area (Å²) < 4.78 is 2.26. The summed E-state index contributed by atoms with van der Waals surface area (Å²) in [6.07, 6.45) is 1.85. The van der Waals surface area contributed by atoms with Crippen LogP contribution in [0.1, 0.15) is 25.0 Å². The first-order valence-corrected chi connectivity index (χ1v) is 14.9. The highest BCUT2D eigenvalue weighted by Gasteiger charge is 2.38. The first-order valence-electron chi connectivity index (χ1n) is 14.9. The minimum atomic E-state index is -0.229. The third kappa shape index (κ3) is 3.53. The largest absolute Gasteiger partial charge is 0.277 e. The molecule has 0 saturated carbocycles. The highest BCUT2D eigenvalue weighted by molar-refractivity contribution is 6.15. The van der Waals surface area contributed by atoms with Gasteiger partial charge in [0.2, 0.25) is 5.95 Å². The third-order valence-electron chi connectivity index (χ3n) is 9.06. The van der Waals surface area contributed by atoms with Gasteiger partial charge in [0, 0.05) is 38.9 Å². The topological polar surface area (TPSA) is 56.5 Å². The van der Waals surface area contributed by atoms with Crippen molar-refractivity contribution in [3.05, 3.63) is 139 Å². The van der Waals surface area contributed by atoms with Crippen LogP contribution in [0.5, 0.6) is 0 Å². The van der Waals surface area contributed by atoms with Crippen molar-refractivity contribution in [1.29, 1.82) is 0 Å². The Morgan fingerprint density at radius 3 is 2.00 bits per heavy atom. The molecule has 5 aromatic carbocycles. The van der Waals surface area contributed by atoms with Crippen LogP contribution >= 0.6 is 0 Å². The van der Waals surface area contributed by atoms with E-state index in [1.54, 1.807) is 0 Å². The van der Waals surface area contributed by atoms with Gasteiger partial charge in [-0.15, -0.1) is 0 Å². The zero-order valence-electron chi connectivity index (χ0n) is 24.4. The molecule has 0 radical (unpaired) electrons. The molecule has 0 bridgehead atoms.